The minimum absolute atomic E-state index is 0.590. The molecule has 10 aromatic carbocycles. The summed E-state index contributed by atoms with van der Waals surface area (Å²) in [5.74, 6) is 0. The van der Waals surface area contributed by atoms with Crippen LogP contribution in [0.4, 0.5) is 34.1 Å². The van der Waals surface area contributed by atoms with E-state index in [0.717, 1.165) is 100 Å². The first kappa shape index (κ1) is 36.2. The zero-order valence-corrected chi connectivity index (χ0v) is 34.1. The molecule has 1 spiro atoms. The highest BCUT2D eigenvalue weighted by Gasteiger charge is 2.52. The molecule has 292 valence electrons. The number of benzene rings is 10. The lowest BCUT2D eigenvalue weighted by atomic mass is 9.70. The molecule has 4 heteroatoms. The number of fused-ring (bicyclic) bond motifs is 12. The van der Waals surface area contributed by atoms with Crippen LogP contribution in [0.15, 0.2) is 218 Å². The third kappa shape index (κ3) is 5.39. The monoisotopic (exact) mass is 800 g/mol. The second-order valence-electron chi connectivity index (χ2n) is 16.3. The summed E-state index contributed by atoms with van der Waals surface area (Å²) < 4.78 is 0. The van der Waals surface area contributed by atoms with Crippen molar-refractivity contribution in [3.05, 3.63) is 252 Å². The summed E-state index contributed by atoms with van der Waals surface area (Å²) in [6, 6.07) is 82.1. The number of anilines is 6. The molecule has 0 N–H and O–H groups in total. The van der Waals surface area contributed by atoms with Crippen molar-refractivity contribution < 1.29 is 0 Å². The Morgan fingerprint density at radius 2 is 0.683 bits per heavy atom. The van der Waals surface area contributed by atoms with E-state index >= 15 is 0 Å². The van der Waals surface area contributed by atoms with Gasteiger partial charge in [0.05, 0.1) is 40.1 Å². The van der Waals surface area contributed by atoms with Gasteiger partial charge in [-0.2, -0.15) is 10.5 Å². The second-order valence-corrected chi connectivity index (χ2v) is 16.3. The topological polar surface area (TPSA) is 54.1 Å². The van der Waals surface area contributed by atoms with Gasteiger partial charge in [0.1, 0.15) is 0 Å². The van der Waals surface area contributed by atoms with E-state index in [1.165, 1.54) is 0 Å². The van der Waals surface area contributed by atoms with Crippen LogP contribution in [0.3, 0.4) is 0 Å². The van der Waals surface area contributed by atoms with E-state index in [2.05, 4.69) is 228 Å². The fraction of sp³-hybridized carbons (Fsp3) is 0.0169. The Labute approximate surface area is 366 Å². The van der Waals surface area contributed by atoms with Crippen molar-refractivity contribution in [1.82, 2.24) is 0 Å². The van der Waals surface area contributed by atoms with E-state index in [4.69, 9.17) is 0 Å². The average molecular weight is 801 g/mol. The predicted molar refractivity (Wildman–Crippen MR) is 257 cm³/mol. The van der Waals surface area contributed by atoms with E-state index in [1.807, 2.05) is 12.1 Å². The zero-order valence-electron chi connectivity index (χ0n) is 34.1. The quantitative estimate of drug-likeness (QED) is 0.168. The lowest BCUT2D eigenvalue weighted by Crippen LogP contribution is -2.27. The van der Waals surface area contributed by atoms with Gasteiger partial charge >= 0.3 is 0 Å². The lowest BCUT2D eigenvalue weighted by Gasteiger charge is -2.33. The van der Waals surface area contributed by atoms with Crippen LogP contribution in [0.2, 0.25) is 0 Å². The summed E-state index contributed by atoms with van der Waals surface area (Å²) >= 11 is 0. The standard InChI is InChI=1S/C59H36N4/c60-37-39-25-29-49-50-30-26-40(38-61)34-54(50)59(53(49)33-39)55-35-45(62(43-17-3-1-4-18-43)57-23-11-15-41-13-7-9-21-47(41)57)27-31-51(55)52-32-28-46(36-56(52)59)63(44-19-5-2-6-20-44)58-24-12-16-42-14-8-10-22-48(42)58/h1-36H. The van der Waals surface area contributed by atoms with Crippen molar-refractivity contribution in [2.24, 2.45) is 0 Å². The van der Waals surface area contributed by atoms with Gasteiger partial charge in [0.2, 0.25) is 0 Å². The Bertz CT molecular complexity index is 3310. The maximum atomic E-state index is 10.5. The molecule has 4 nitrogen and oxygen atoms in total. The molecular weight excluding hydrogens is 765 g/mol. The third-order valence-electron chi connectivity index (χ3n) is 13.1. The fourth-order valence-corrected chi connectivity index (χ4v) is 10.4. The minimum atomic E-state index is -0.872. The van der Waals surface area contributed by atoms with E-state index in [0.29, 0.717) is 11.1 Å². The molecule has 0 aromatic heterocycles. The summed E-state index contributed by atoms with van der Waals surface area (Å²) in [6.45, 7) is 0. The van der Waals surface area contributed by atoms with Crippen molar-refractivity contribution in [3.63, 3.8) is 0 Å². The molecule has 0 amide bonds. The molecule has 0 atom stereocenters. The van der Waals surface area contributed by atoms with Gasteiger partial charge in [-0.15, -0.1) is 0 Å². The highest BCUT2D eigenvalue weighted by atomic mass is 15.1. The number of hydrogen-bond donors (Lipinski definition) is 0. The molecule has 10 aromatic rings. The normalized spacial score (nSPS) is 12.5. The molecule has 0 unspecified atom stereocenters. The molecular formula is C59H36N4. The molecule has 2 aliphatic carbocycles. The highest BCUT2D eigenvalue weighted by molar-refractivity contribution is 6.03. The molecule has 0 heterocycles. The second kappa shape index (κ2) is 14.2. The predicted octanol–water partition coefficient (Wildman–Crippen LogP) is 15.0. The van der Waals surface area contributed by atoms with Crippen LogP contribution in [0.25, 0.3) is 43.8 Å². The number of rotatable bonds is 6. The van der Waals surface area contributed by atoms with Crippen molar-refractivity contribution in [2.45, 2.75) is 5.41 Å². The number of hydrogen-bond acceptors (Lipinski definition) is 4. The molecule has 0 saturated heterocycles. The largest absolute Gasteiger partial charge is 0.310 e. The lowest BCUT2D eigenvalue weighted by molar-refractivity contribution is 0.792. The highest BCUT2D eigenvalue weighted by Crippen LogP contribution is 2.64. The van der Waals surface area contributed by atoms with Crippen LogP contribution in [0, 0.1) is 22.7 Å². The van der Waals surface area contributed by atoms with Crippen molar-refractivity contribution >= 4 is 55.7 Å². The smallest absolute Gasteiger partial charge is 0.0991 e. The first-order valence-corrected chi connectivity index (χ1v) is 21.2. The van der Waals surface area contributed by atoms with Crippen LogP contribution in [0.1, 0.15) is 33.4 Å². The first-order valence-electron chi connectivity index (χ1n) is 21.2. The van der Waals surface area contributed by atoms with Gasteiger partial charge in [-0.3, -0.25) is 0 Å². The number of nitriles is 2. The Hall–Kier alpha value is -8.70. The van der Waals surface area contributed by atoms with Gasteiger partial charge < -0.3 is 9.80 Å². The van der Waals surface area contributed by atoms with Gasteiger partial charge in [0, 0.05) is 33.5 Å². The van der Waals surface area contributed by atoms with E-state index < -0.39 is 5.41 Å². The molecule has 0 saturated carbocycles. The van der Waals surface area contributed by atoms with E-state index in [-0.39, 0.29) is 0 Å². The minimum Gasteiger partial charge on any atom is -0.310 e. The summed E-state index contributed by atoms with van der Waals surface area (Å²) in [6.07, 6.45) is 0. The molecule has 0 fully saturated rings. The Balaban J connectivity index is 1.18. The van der Waals surface area contributed by atoms with Gasteiger partial charge in [0.15, 0.2) is 0 Å². The molecule has 0 radical (unpaired) electrons. The number of para-hydroxylation sites is 2. The van der Waals surface area contributed by atoms with Gasteiger partial charge in [-0.05, 0) is 140 Å². The summed E-state index contributed by atoms with van der Waals surface area (Å²) in [5, 5.41) is 25.6. The SMILES string of the molecule is N#Cc1ccc2c(c1)C1(c3cc(C#N)ccc3-2)c2cc(N(c3ccccc3)c3cccc4ccccc34)ccc2-c2ccc(N(c3ccccc3)c3cccc4ccccc34)cc21. The number of nitrogens with zero attached hydrogens (tertiary/aromatic N) is 4. The van der Waals surface area contributed by atoms with Gasteiger partial charge in [0.25, 0.3) is 0 Å². The van der Waals surface area contributed by atoms with Crippen LogP contribution in [0.5, 0.6) is 0 Å². The van der Waals surface area contributed by atoms with Gasteiger partial charge in [-0.1, -0.05) is 133 Å². The Morgan fingerprint density at radius 3 is 1.11 bits per heavy atom. The summed E-state index contributed by atoms with van der Waals surface area (Å²) in [4.78, 5) is 4.72. The van der Waals surface area contributed by atoms with Gasteiger partial charge in [-0.25, -0.2) is 0 Å². The van der Waals surface area contributed by atoms with Crippen molar-refractivity contribution in [1.29, 1.82) is 10.5 Å². The average Bonchev–Trinajstić information content (AvgIpc) is 3.80. The molecule has 2 aliphatic rings. The van der Waals surface area contributed by atoms with Crippen molar-refractivity contribution in [3.8, 4) is 34.4 Å². The van der Waals surface area contributed by atoms with Crippen LogP contribution in [-0.2, 0) is 5.41 Å². The maximum Gasteiger partial charge on any atom is 0.0991 e. The summed E-state index contributed by atoms with van der Waals surface area (Å²) in [5.41, 5.74) is 15.2. The van der Waals surface area contributed by atoms with E-state index in [1.54, 1.807) is 0 Å². The molecule has 0 bridgehead atoms. The molecule has 63 heavy (non-hydrogen) atoms. The first-order chi connectivity index (χ1) is 31.1. The van der Waals surface area contributed by atoms with Crippen LogP contribution in [-0.4, -0.2) is 0 Å². The van der Waals surface area contributed by atoms with Crippen LogP contribution >= 0.6 is 0 Å². The Morgan fingerprint density at radius 1 is 0.317 bits per heavy atom. The van der Waals surface area contributed by atoms with Crippen molar-refractivity contribution in [2.75, 3.05) is 9.80 Å². The zero-order chi connectivity index (χ0) is 42.1. The fourth-order valence-electron chi connectivity index (χ4n) is 10.4. The van der Waals surface area contributed by atoms with E-state index in [9.17, 15) is 10.5 Å². The van der Waals surface area contributed by atoms with Crippen LogP contribution < -0.4 is 9.80 Å². The molecule has 12 rings (SSSR count). The summed E-state index contributed by atoms with van der Waals surface area (Å²) in [7, 11) is 0. The molecule has 0 aliphatic heterocycles. The Kier molecular flexibility index (Phi) is 8.16. The maximum absolute atomic E-state index is 10.5. The third-order valence-corrected chi connectivity index (χ3v) is 13.1.